The fourth-order valence-corrected chi connectivity index (χ4v) is 2.51. The summed E-state index contributed by atoms with van der Waals surface area (Å²) in [5.41, 5.74) is 4.57. The molecule has 4 heteroatoms. The van der Waals surface area contributed by atoms with Crippen LogP contribution in [-0.4, -0.2) is 20.6 Å². The van der Waals surface area contributed by atoms with Crippen LogP contribution in [0.25, 0.3) is 11.0 Å². The van der Waals surface area contributed by atoms with Gasteiger partial charge in [0.25, 0.3) is 0 Å². The van der Waals surface area contributed by atoms with Gasteiger partial charge in [-0.05, 0) is 42.7 Å². The van der Waals surface area contributed by atoms with Gasteiger partial charge in [-0.15, -0.1) is 0 Å². The van der Waals surface area contributed by atoms with Crippen molar-refractivity contribution in [3.63, 3.8) is 0 Å². The molecule has 1 aromatic heterocycles. The van der Waals surface area contributed by atoms with Crippen molar-refractivity contribution >= 4 is 17.0 Å². The number of aryl methyl sites for hydroxylation is 3. The summed E-state index contributed by atoms with van der Waals surface area (Å²) >= 11 is 0. The third-order valence-electron chi connectivity index (χ3n) is 3.75. The summed E-state index contributed by atoms with van der Waals surface area (Å²) < 4.78 is 2.06. The Morgan fingerprint density at radius 3 is 2.81 bits per heavy atom. The molecule has 0 radical (unpaired) electrons. The molecule has 0 saturated heterocycles. The Kier molecular flexibility index (Phi) is 3.44. The third kappa shape index (κ3) is 2.65. The van der Waals surface area contributed by atoms with E-state index >= 15 is 0 Å². The van der Waals surface area contributed by atoms with Gasteiger partial charge in [-0.3, -0.25) is 0 Å². The van der Waals surface area contributed by atoms with Crippen molar-refractivity contribution in [1.82, 2.24) is 9.55 Å². The summed E-state index contributed by atoms with van der Waals surface area (Å²) in [7, 11) is 0. The van der Waals surface area contributed by atoms with Gasteiger partial charge in [0, 0.05) is 6.54 Å². The van der Waals surface area contributed by atoms with Gasteiger partial charge in [0.2, 0.25) is 0 Å². The molecule has 0 spiro atoms. The van der Waals surface area contributed by atoms with Gasteiger partial charge in [-0.2, -0.15) is 0 Å². The molecule has 0 aliphatic heterocycles. The molecule has 2 aromatic carbocycles. The molecule has 1 N–H and O–H groups in total. The summed E-state index contributed by atoms with van der Waals surface area (Å²) in [6.45, 7) is 2.94. The second-order valence-corrected chi connectivity index (χ2v) is 5.12. The summed E-state index contributed by atoms with van der Waals surface area (Å²) in [4.78, 5) is 15.3. The molecular formula is C17H16N2O2. The Labute approximate surface area is 122 Å². The predicted octanol–water partition coefficient (Wildman–Crippen LogP) is 3.29. The molecule has 4 nitrogen and oxygen atoms in total. The first-order valence-electron chi connectivity index (χ1n) is 6.88. The fraction of sp³-hybridized carbons (Fsp3) is 0.176. The number of carboxylic acid groups (broad SMARTS) is 1. The van der Waals surface area contributed by atoms with Gasteiger partial charge in [-0.25, -0.2) is 9.78 Å². The number of carbonyl (C=O) groups is 1. The molecule has 0 unspecified atom stereocenters. The number of fused-ring (bicyclic) bond motifs is 1. The normalized spacial score (nSPS) is 10.9. The lowest BCUT2D eigenvalue weighted by atomic mass is 10.1. The third-order valence-corrected chi connectivity index (χ3v) is 3.75. The molecular weight excluding hydrogens is 264 g/mol. The Balaban J connectivity index is 1.85. The van der Waals surface area contributed by atoms with Crippen LogP contribution in [0.1, 0.15) is 21.5 Å². The Bertz CT molecular complexity index is 805. The molecule has 1 heterocycles. The molecule has 0 aliphatic rings. The second kappa shape index (κ2) is 5.40. The summed E-state index contributed by atoms with van der Waals surface area (Å²) in [5, 5.41) is 9.00. The van der Waals surface area contributed by atoms with E-state index in [-0.39, 0.29) is 5.56 Å². The lowest BCUT2D eigenvalue weighted by Gasteiger charge is -2.07. The molecule has 3 aromatic rings. The van der Waals surface area contributed by atoms with E-state index in [1.54, 1.807) is 18.5 Å². The van der Waals surface area contributed by atoms with Crippen molar-refractivity contribution < 1.29 is 9.90 Å². The van der Waals surface area contributed by atoms with Crippen LogP contribution in [0.5, 0.6) is 0 Å². The molecule has 0 amide bonds. The summed E-state index contributed by atoms with van der Waals surface area (Å²) in [6.07, 6.45) is 2.70. The Morgan fingerprint density at radius 2 is 2.05 bits per heavy atom. The molecule has 0 fully saturated rings. The number of hydrogen-bond acceptors (Lipinski definition) is 2. The first-order chi connectivity index (χ1) is 10.1. The van der Waals surface area contributed by atoms with Crippen molar-refractivity contribution in [3.8, 4) is 0 Å². The van der Waals surface area contributed by atoms with Crippen molar-refractivity contribution in [1.29, 1.82) is 0 Å². The highest BCUT2D eigenvalue weighted by atomic mass is 16.4. The van der Waals surface area contributed by atoms with Crippen molar-refractivity contribution in [2.24, 2.45) is 0 Å². The van der Waals surface area contributed by atoms with Gasteiger partial charge in [0.15, 0.2) is 0 Å². The minimum absolute atomic E-state index is 0.270. The highest BCUT2D eigenvalue weighted by Crippen LogP contribution is 2.16. The minimum atomic E-state index is -0.925. The zero-order valence-corrected chi connectivity index (χ0v) is 11.8. The average Bonchev–Trinajstić information content (AvgIpc) is 2.88. The van der Waals surface area contributed by atoms with E-state index in [9.17, 15) is 4.79 Å². The van der Waals surface area contributed by atoms with Crippen LogP contribution >= 0.6 is 0 Å². The number of aromatic carboxylic acids is 1. The number of carboxylic acids is 1. The number of nitrogens with zero attached hydrogens (tertiary/aromatic N) is 2. The maximum Gasteiger partial charge on any atom is 0.335 e. The van der Waals surface area contributed by atoms with Crippen LogP contribution in [0.3, 0.4) is 0 Å². The van der Waals surface area contributed by atoms with Crippen molar-refractivity contribution in [3.05, 3.63) is 65.5 Å². The number of benzene rings is 2. The highest BCUT2D eigenvalue weighted by molar-refractivity contribution is 5.92. The van der Waals surface area contributed by atoms with E-state index in [0.717, 1.165) is 24.0 Å². The standard InChI is InChI=1S/C17H16N2O2/c1-12-4-2-3-5-13(12)8-9-19-11-18-15-10-14(17(20)21)6-7-16(15)19/h2-7,10-11H,8-9H2,1H3,(H,20,21). The molecule has 0 saturated carbocycles. The van der Waals surface area contributed by atoms with E-state index in [0.29, 0.717) is 0 Å². The number of hydrogen-bond donors (Lipinski definition) is 1. The fourth-order valence-electron chi connectivity index (χ4n) is 2.51. The molecule has 3 rings (SSSR count). The van der Waals surface area contributed by atoms with Crippen LogP contribution in [0.2, 0.25) is 0 Å². The van der Waals surface area contributed by atoms with Crippen LogP contribution in [-0.2, 0) is 13.0 Å². The van der Waals surface area contributed by atoms with Gasteiger partial charge >= 0.3 is 5.97 Å². The monoisotopic (exact) mass is 280 g/mol. The first-order valence-corrected chi connectivity index (χ1v) is 6.88. The first kappa shape index (κ1) is 13.4. The zero-order chi connectivity index (χ0) is 14.8. The number of aromatic nitrogens is 2. The number of imidazole rings is 1. The highest BCUT2D eigenvalue weighted by Gasteiger charge is 2.08. The largest absolute Gasteiger partial charge is 0.478 e. The molecule has 21 heavy (non-hydrogen) atoms. The smallest absolute Gasteiger partial charge is 0.335 e. The molecule has 0 bridgehead atoms. The predicted molar refractivity (Wildman–Crippen MR) is 81.6 cm³/mol. The van der Waals surface area contributed by atoms with E-state index in [1.165, 1.54) is 11.1 Å². The lowest BCUT2D eigenvalue weighted by molar-refractivity contribution is 0.0697. The quantitative estimate of drug-likeness (QED) is 0.798. The van der Waals surface area contributed by atoms with Gasteiger partial charge < -0.3 is 9.67 Å². The second-order valence-electron chi connectivity index (χ2n) is 5.12. The summed E-state index contributed by atoms with van der Waals surface area (Å²) in [6, 6.07) is 13.4. The summed E-state index contributed by atoms with van der Waals surface area (Å²) in [5.74, 6) is -0.925. The van der Waals surface area contributed by atoms with E-state index in [4.69, 9.17) is 5.11 Å². The van der Waals surface area contributed by atoms with E-state index < -0.39 is 5.97 Å². The topological polar surface area (TPSA) is 55.1 Å². The maximum atomic E-state index is 11.0. The number of rotatable bonds is 4. The lowest BCUT2D eigenvalue weighted by Crippen LogP contribution is -2.01. The van der Waals surface area contributed by atoms with E-state index in [2.05, 4.69) is 28.6 Å². The SMILES string of the molecule is Cc1ccccc1CCn1cnc2cc(C(=O)O)ccc21. The van der Waals surface area contributed by atoms with Crippen molar-refractivity contribution in [2.75, 3.05) is 0 Å². The Hall–Kier alpha value is -2.62. The minimum Gasteiger partial charge on any atom is -0.478 e. The van der Waals surface area contributed by atoms with Crippen molar-refractivity contribution in [2.45, 2.75) is 19.9 Å². The molecule has 0 atom stereocenters. The Morgan fingerprint density at radius 1 is 1.24 bits per heavy atom. The van der Waals surface area contributed by atoms with Crippen LogP contribution in [0.15, 0.2) is 48.8 Å². The van der Waals surface area contributed by atoms with Gasteiger partial charge in [-0.1, -0.05) is 24.3 Å². The van der Waals surface area contributed by atoms with Crippen LogP contribution in [0.4, 0.5) is 0 Å². The maximum absolute atomic E-state index is 11.0. The van der Waals surface area contributed by atoms with Gasteiger partial charge in [0.1, 0.15) is 0 Å². The molecule has 0 aliphatic carbocycles. The van der Waals surface area contributed by atoms with Crippen LogP contribution < -0.4 is 0 Å². The van der Waals surface area contributed by atoms with Gasteiger partial charge in [0.05, 0.1) is 22.9 Å². The van der Waals surface area contributed by atoms with E-state index in [1.807, 2.05) is 18.2 Å². The zero-order valence-electron chi connectivity index (χ0n) is 11.8. The van der Waals surface area contributed by atoms with Crippen LogP contribution in [0, 0.1) is 6.92 Å². The molecule has 106 valence electrons. The average molecular weight is 280 g/mol.